The topological polar surface area (TPSA) is 90.7 Å². The van der Waals surface area contributed by atoms with Gasteiger partial charge in [-0.3, -0.25) is 9.78 Å². The van der Waals surface area contributed by atoms with Crippen LogP contribution in [0.3, 0.4) is 0 Å². The fourth-order valence-corrected chi connectivity index (χ4v) is 1.34. The third-order valence-corrected chi connectivity index (χ3v) is 3.28. The monoisotopic (exact) mass is 303 g/mol. The van der Waals surface area contributed by atoms with Crippen molar-refractivity contribution in [1.29, 1.82) is 0 Å². The number of rotatable bonds is 3. The second-order valence-corrected chi connectivity index (χ2v) is 5.23. The highest BCUT2D eigenvalue weighted by molar-refractivity contribution is 9.10. The minimum Gasteiger partial charge on any atom is -0.384 e. The van der Waals surface area contributed by atoms with Crippen LogP contribution >= 0.6 is 15.9 Å². The molecule has 6 heteroatoms. The largest absolute Gasteiger partial charge is 0.384 e. The van der Waals surface area contributed by atoms with Crippen LogP contribution in [0.5, 0.6) is 0 Å². The van der Waals surface area contributed by atoms with Gasteiger partial charge in [-0.2, -0.15) is 0 Å². The molecule has 0 bridgehead atoms. The SMILES string of the molecule is Cc1cc(C(=O)C(O)(O)C(C)(C)O)ncc1Br. The van der Waals surface area contributed by atoms with Gasteiger partial charge in [0.1, 0.15) is 11.3 Å². The summed E-state index contributed by atoms with van der Waals surface area (Å²) in [5, 5.41) is 28.8. The summed E-state index contributed by atoms with van der Waals surface area (Å²) in [5.74, 6) is -3.92. The number of aliphatic hydroxyl groups is 3. The smallest absolute Gasteiger partial charge is 0.259 e. The molecule has 1 aromatic rings. The van der Waals surface area contributed by atoms with E-state index in [2.05, 4.69) is 20.9 Å². The Morgan fingerprint density at radius 1 is 1.35 bits per heavy atom. The van der Waals surface area contributed by atoms with E-state index in [0.717, 1.165) is 19.4 Å². The van der Waals surface area contributed by atoms with E-state index >= 15 is 0 Å². The second kappa shape index (κ2) is 4.45. The van der Waals surface area contributed by atoms with E-state index in [0.29, 0.717) is 4.47 Å². The first kappa shape index (κ1) is 14.2. The normalized spacial score (nSPS) is 12.6. The molecule has 0 aliphatic rings. The summed E-state index contributed by atoms with van der Waals surface area (Å²) < 4.78 is 0.707. The number of carbonyl (C=O) groups excluding carboxylic acids is 1. The van der Waals surface area contributed by atoms with E-state index in [-0.39, 0.29) is 5.69 Å². The number of hydrogen-bond acceptors (Lipinski definition) is 5. The predicted molar refractivity (Wildman–Crippen MR) is 64.5 cm³/mol. The fourth-order valence-electron chi connectivity index (χ4n) is 1.12. The van der Waals surface area contributed by atoms with Crippen LogP contribution in [0, 0.1) is 6.92 Å². The molecule has 0 spiro atoms. The molecular weight excluding hydrogens is 290 g/mol. The van der Waals surface area contributed by atoms with Crippen molar-refractivity contribution in [3.63, 3.8) is 0 Å². The minimum atomic E-state index is -2.87. The zero-order chi connectivity index (χ0) is 13.4. The van der Waals surface area contributed by atoms with Crippen LogP contribution in [-0.2, 0) is 0 Å². The van der Waals surface area contributed by atoms with E-state index in [1.54, 1.807) is 6.92 Å². The Morgan fingerprint density at radius 3 is 2.29 bits per heavy atom. The number of carbonyl (C=O) groups is 1. The number of halogens is 1. The fraction of sp³-hybridized carbons (Fsp3) is 0.455. The maximum Gasteiger partial charge on any atom is 0.259 e. The van der Waals surface area contributed by atoms with Gasteiger partial charge in [0, 0.05) is 10.7 Å². The quantitative estimate of drug-likeness (QED) is 0.567. The lowest BCUT2D eigenvalue weighted by Crippen LogP contribution is -2.56. The number of aromatic nitrogens is 1. The summed E-state index contributed by atoms with van der Waals surface area (Å²) in [7, 11) is 0. The average Bonchev–Trinajstić information content (AvgIpc) is 2.19. The number of pyridine rings is 1. The number of Topliss-reactive ketones (excluding diaryl/α,β-unsaturated/α-hetero) is 1. The highest BCUT2D eigenvalue weighted by Crippen LogP contribution is 2.24. The molecule has 0 atom stereocenters. The van der Waals surface area contributed by atoms with Crippen molar-refractivity contribution in [1.82, 2.24) is 4.98 Å². The Morgan fingerprint density at radius 2 is 1.88 bits per heavy atom. The number of hydrogen-bond donors (Lipinski definition) is 3. The van der Waals surface area contributed by atoms with Gasteiger partial charge in [0.15, 0.2) is 0 Å². The summed E-state index contributed by atoms with van der Waals surface area (Å²) in [6.45, 7) is 4.01. The Balaban J connectivity index is 3.17. The van der Waals surface area contributed by atoms with Crippen LogP contribution in [0.1, 0.15) is 29.9 Å². The van der Waals surface area contributed by atoms with Gasteiger partial charge in [0.25, 0.3) is 5.79 Å². The highest BCUT2D eigenvalue weighted by Gasteiger charge is 2.48. The first-order valence-corrected chi connectivity index (χ1v) is 5.70. The number of ketones is 1. The summed E-state index contributed by atoms with van der Waals surface area (Å²) in [5.41, 5.74) is -1.36. The van der Waals surface area contributed by atoms with Gasteiger partial charge in [-0.15, -0.1) is 0 Å². The molecular formula is C11H14BrNO4. The Hall–Kier alpha value is -0.820. The van der Waals surface area contributed by atoms with Crippen LogP contribution in [0.15, 0.2) is 16.7 Å². The van der Waals surface area contributed by atoms with Crippen molar-refractivity contribution in [3.8, 4) is 0 Å². The average molecular weight is 304 g/mol. The lowest BCUT2D eigenvalue weighted by molar-refractivity contribution is -0.224. The molecule has 94 valence electrons. The maximum atomic E-state index is 11.8. The molecule has 0 amide bonds. The van der Waals surface area contributed by atoms with Crippen molar-refractivity contribution in [3.05, 3.63) is 28.0 Å². The third kappa shape index (κ3) is 2.71. The van der Waals surface area contributed by atoms with Gasteiger partial charge in [-0.1, -0.05) is 0 Å². The Labute approximate surface area is 107 Å². The lowest BCUT2D eigenvalue weighted by Gasteiger charge is -2.31. The summed E-state index contributed by atoms with van der Waals surface area (Å²) in [6.07, 6.45) is 1.39. The number of aryl methyl sites for hydroxylation is 1. The van der Waals surface area contributed by atoms with Crippen LogP contribution in [0.2, 0.25) is 0 Å². The van der Waals surface area contributed by atoms with Crippen LogP contribution in [0.25, 0.3) is 0 Å². The van der Waals surface area contributed by atoms with Gasteiger partial charge in [-0.05, 0) is 48.3 Å². The maximum absolute atomic E-state index is 11.8. The molecule has 0 saturated carbocycles. The van der Waals surface area contributed by atoms with E-state index < -0.39 is 17.2 Å². The van der Waals surface area contributed by atoms with Crippen molar-refractivity contribution in [2.75, 3.05) is 0 Å². The molecule has 0 saturated heterocycles. The standard InChI is InChI=1S/C11H14BrNO4/c1-6-4-8(13-5-7(6)12)9(14)11(16,17)10(2,3)15/h4-5,15-17H,1-3H3. The molecule has 0 aliphatic heterocycles. The van der Waals surface area contributed by atoms with Gasteiger partial charge in [-0.25, -0.2) is 0 Å². The predicted octanol–water partition coefficient (Wildman–Crippen LogP) is 0.787. The van der Waals surface area contributed by atoms with Gasteiger partial charge in [0.05, 0.1) is 0 Å². The molecule has 3 N–H and O–H groups in total. The molecule has 0 aromatic carbocycles. The molecule has 1 heterocycles. The molecule has 1 rings (SSSR count). The molecule has 1 aromatic heterocycles. The number of nitrogens with zero attached hydrogens (tertiary/aromatic N) is 1. The van der Waals surface area contributed by atoms with Crippen LogP contribution in [-0.4, -0.2) is 37.5 Å². The lowest BCUT2D eigenvalue weighted by atomic mass is 9.91. The van der Waals surface area contributed by atoms with Gasteiger partial charge < -0.3 is 15.3 Å². The van der Waals surface area contributed by atoms with Crippen molar-refractivity contribution >= 4 is 21.7 Å². The van der Waals surface area contributed by atoms with Crippen LogP contribution < -0.4 is 0 Å². The summed E-state index contributed by atoms with van der Waals surface area (Å²) in [6, 6.07) is 1.42. The Kier molecular flexibility index (Phi) is 3.73. The zero-order valence-corrected chi connectivity index (χ0v) is 11.3. The molecule has 17 heavy (non-hydrogen) atoms. The zero-order valence-electron chi connectivity index (χ0n) is 9.73. The summed E-state index contributed by atoms with van der Waals surface area (Å²) >= 11 is 3.22. The van der Waals surface area contributed by atoms with Gasteiger partial charge in [0.2, 0.25) is 5.78 Å². The first-order chi connectivity index (χ1) is 7.57. The van der Waals surface area contributed by atoms with Crippen molar-refractivity contribution in [2.24, 2.45) is 0 Å². The summed E-state index contributed by atoms with van der Waals surface area (Å²) in [4.78, 5) is 15.6. The third-order valence-electron chi connectivity index (χ3n) is 2.45. The Bertz CT molecular complexity index is 451. The molecule has 5 nitrogen and oxygen atoms in total. The van der Waals surface area contributed by atoms with E-state index in [1.807, 2.05) is 0 Å². The second-order valence-electron chi connectivity index (χ2n) is 4.38. The van der Waals surface area contributed by atoms with E-state index in [4.69, 9.17) is 0 Å². The van der Waals surface area contributed by atoms with Crippen LogP contribution in [0.4, 0.5) is 0 Å². The van der Waals surface area contributed by atoms with Gasteiger partial charge >= 0.3 is 0 Å². The first-order valence-electron chi connectivity index (χ1n) is 4.91. The van der Waals surface area contributed by atoms with Crippen molar-refractivity contribution in [2.45, 2.75) is 32.2 Å². The van der Waals surface area contributed by atoms with E-state index in [9.17, 15) is 20.1 Å². The molecule has 0 unspecified atom stereocenters. The van der Waals surface area contributed by atoms with E-state index in [1.165, 1.54) is 12.3 Å². The minimum absolute atomic E-state index is 0.113. The highest BCUT2D eigenvalue weighted by atomic mass is 79.9. The molecule has 0 radical (unpaired) electrons. The molecule has 0 aliphatic carbocycles. The molecule has 0 fully saturated rings. The van der Waals surface area contributed by atoms with Crippen molar-refractivity contribution < 1.29 is 20.1 Å².